The quantitative estimate of drug-likeness (QED) is 0.825. The molecule has 0 unspecified atom stereocenters. The third kappa shape index (κ3) is 3.70. The largest absolute Gasteiger partial charge is 0.478 e. The first kappa shape index (κ1) is 17.9. The molecular formula is C20H18N2O3S. The summed E-state index contributed by atoms with van der Waals surface area (Å²) in [5, 5.41) is 9.58. The summed E-state index contributed by atoms with van der Waals surface area (Å²) in [6, 6.07) is 12.4. The van der Waals surface area contributed by atoms with E-state index < -0.39 is 5.97 Å². The highest BCUT2D eigenvalue weighted by Crippen LogP contribution is 2.34. The fourth-order valence-electron chi connectivity index (χ4n) is 2.47. The number of nitrogens with zero attached hydrogens (tertiary/aromatic N) is 2. The Morgan fingerprint density at radius 3 is 2.50 bits per heavy atom. The Balaban J connectivity index is 1.89. The molecule has 2 aromatic rings. The number of carbonyl (C=O) groups is 2. The van der Waals surface area contributed by atoms with E-state index in [9.17, 15) is 9.59 Å². The van der Waals surface area contributed by atoms with Gasteiger partial charge < -0.3 is 5.11 Å². The molecule has 1 heterocycles. The van der Waals surface area contributed by atoms with Gasteiger partial charge in [-0.05, 0) is 66.6 Å². The number of hydrogen-bond donors (Lipinski definition) is 1. The normalized spacial score (nSPS) is 17.3. The standard InChI is InChI=1S/C20H18N2O3S/c1-12-4-5-13(2)16(10-12)21-20-22(3)18(23)17(26-20)11-14-6-8-15(9-7-14)19(24)25/h4-11H,1-3H3,(H,24,25). The van der Waals surface area contributed by atoms with E-state index in [-0.39, 0.29) is 11.5 Å². The monoisotopic (exact) mass is 366 g/mol. The molecule has 0 saturated carbocycles. The van der Waals surface area contributed by atoms with Crippen LogP contribution in [0.2, 0.25) is 0 Å². The van der Waals surface area contributed by atoms with Gasteiger partial charge in [-0.1, -0.05) is 24.3 Å². The average molecular weight is 366 g/mol. The maximum atomic E-state index is 12.5. The van der Waals surface area contributed by atoms with Crippen molar-refractivity contribution in [3.63, 3.8) is 0 Å². The van der Waals surface area contributed by atoms with Crippen LogP contribution in [0.3, 0.4) is 0 Å². The Kier molecular flexibility index (Phi) is 4.95. The van der Waals surface area contributed by atoms with Crippen molar-refractivity contribution in [2.24, 2.45) is 4.99 Å². The summed E-state index contributed by atoms with van der Waals surface area (Å²) >= 11 is 1.31. The van der Waals surface area contributed by atoms with Gasteiger partial charge in [0.2, 0.25) is 0 Å². The second-order valence-electron chi connectivity index (χ2n) is 6.09. The third-order valence-corrected chi connectivity index (χ3v) is 5.10. The molecule has 0 aliphatic carbocycles. The van der Waals surface area contributed by atoms with E-state index in [1.165, 1.54) is 28.8 Å². The molecule has 0 spiro atoms. The van der Waals surface area contributed by atoms with Crippen molar-refractivity contribution in [2.45, 2.75) is 13.8 Å². The van der Waals surface area contributed by atoms with E-state index in [1.807, 2.05) is 32.0 Å². The van der Waals surface area contributed by atoms with Crippen LogP contribution in [0, 0.1) is 13.8 Å². The van der Waals surface area contributed by atoms with Crippen LogP contribution in [0.1, 0.15) is 27.0 Å². The molecule has 1 N–H and O–H groups in total. The van der Waals surface area contributed by atoms with E-state index in [2.05, 4.69) is 4.99 Å². The van der Waals surface area contributed by atoms with Gasteiger partial charge in [0.1, 0.15) is 0 Å². The summed E-state index contributed by atoms with van der Waals surface area (Å²) in [7, 11) is 1.70. The lowest BCUT2D eigenvalue weighted by Gasteiger charge is -2.08. The fourth-order valence-corrected chi connectivity index (χ4v) is 3.45. The van der Waals surface area contributed by atoms with Gasteiger partial charge in [0.15, 0.2) is 5.17 Å². The summed E-state index contributed by atoms with van der Waals surface area (Å²) in [4.78, 5) is 30.2. The maximum Gasteiger partial charge on any atom is 0.335 e. The number of carbonyl (C=O) groups excluding carboxylic acids is 1. The molecule has 6 heteroatoms. The zero-order valence-electron chi connectivity index (χ0n) is 14.7. The van der Waals surface area contributed by atoms with Gasteiger partial charge in [-0.15, -0.1) is 0 Å². The Labute approximate surface area is 156 Å². The second kappa shape index (κ2) is 7.17. The number of aromatic carboxylic acids is 1. The number of thioether (sulfide) groups is 1. The van der Waals surface area contributed by atoms with Crippen molar-refractivity contribution in [3.8, 4) is 0 Å². The Morgan fingerprint density at radius 1 is 1.15 bits per heavy atom. The van der Waals surface area contributed by atoms with E-state index in [1.54, 1.807) is 25.3 Å². The first-order valence-electron chi connectivity index (χ1n) is 8.02. The summed E-state index contributed by atoms with van der Waals surface area (Å²) in [5.74, 6) is -1.10. The predicted octanol–water partition coefficient (Wildman–Crippen LogP) is 4.24. The van der Waals surface area contributed by atoms with Crippen molar-refractivity contribution < 1.29 is 14.7 Å². The molecule has 3 rings (SSSR count). The molecule has 1 saturated heterocycles. The minimum Gasteiger partial charge on any atom is -0.478 e. The van der Waals surface area contributed by atoms with Gasteiger partial charge in [-0.25, -0.2) is 9.79 Å². The SMILES string of the molecule is Cc1ccc(C)c(N=C2SC(=Cc3ccc(C(=O)O)cc3)C(=O)N2C)c1. The highest BCUT2D eigenvalue weighted by Gasteiger charge is 2.30. The van der Waals surface area contributed by atoms with Crippen LogP contribution in [-0.4, -0.2) is 34.1 Å². The molecule has 0 bridgehead atoms. The summed E-state index contributed by atoms with van der Waals surface area (Å²) < 4.78 is 0. The maximum absolute atomic E-state index is 12.5. The summed E-state index contributed by atoms with van der Waals surface area (Å²) in [6.45, 7) is 3.99. The number of amides is 1. The summed E-state index contributed by atoms with van der Waals surface area (Å²) in [5.41, 5.74) is 3.99. The molecule has 5 nitrogen and oxygen atoms in total. The minimum absolute atomic E-state index is 0.124. The van der Waals surface area contributed by atoms with E-state index in [0.29, 0.717) is 10.1 Å². The van der Waals surface area contributed by atoms with Crippen LogP contribution in [-0.2, 0) is 4.79 Å². The molecule has 132 valence electrons. The van der Waals surface area contributed by atoms with Crippen molar-refractivity contribution >= 4 is 40.6 Å². The number of carboxylic acids is 1. The molecule has 1 amide bonds. The number of likely N-dealkylation sites (N-methyl/N-ethyl adjacent to an activating group) is 1. The number of hydrogen-bond acceptors (Lipinski definition) is 4. The van der Waals surface area contributed by atoms with Gasteiger partial charge in [-0.2, -0.15) is 0 Å². The summed E-state index contributed by atoms with van der Waals surface area (Å²) in [6.07, 6.45) is 1.75. The van der Waals surface area contributed by atoms with Crippen molar-refractivity contribution in [1.82, 2.24) is 4.90 Å². The highest BCUT2D eigenvalue weighted by molar-refractivity contribution is 8.18. The van der Waals surface area contributed by atoms with Gasteiger partial charge in [-0.3, -0.25) is 9.69 Å². The van der Waals surface area contributed by atoms with E-state index in [0.717, 1.165) is 22.4 Å². The number of aryl methyl sites for hydroxylation is 2. The molecule has 0 atom stereocenters. The molecule has 1 aliphatic heterocycles. The number of carboxylic acid groups (broad SMARTS) is 1. The number of aliphatic imine (C=N–C) groups is 1. The number of rotatable bonds is 3. The molecule has 1 aliphatic rings. The lowest BCUT2D eigenvalue weighted by Crippen LogP contribution is -2.23. The van der Waals surface area contributed by atoms with Gasteiger partial charge in [0.25, 0.3) is 5.91 Å². The highest BCUT2D eigenvalue weighted by atomic mass is 32.2. The van der Waals surface area contributed by atoms with Gasteiger partial charge in [0.05, 0.1) is 16.2 Å². The molecule has 0 radical (unpaired) electrons. The predicted molar refractivity (Wildman–Crippen MR) is 105 cm³/mol. The zero-order valence-corrected chi connectivity index (χ0v) is 15.5. The van der Waals surface area contributed by atoms with Crippen LogP contribution >= 0.6 is 11.8 Å². The number of amidine groups is 1. The average Bonchev–Trinajstić information content (AvgIpc) is 2.86. The van der Waals surface area contributed by atoms with Crippen LogP contribution in [0.15, 0.2) is 52.4 Å². The van der Waals surface area contributed by atoms with E-state index >= 15 is 0 Å². The molecule has 26 heavy (non-hydrogen) atoms. The smallest absolute Gasteiger partial charge is 0.335 e. The third-order valence-electron chi connectivity index (χ3n) is 4.04. The molecular weight excluding hydrogens is 348 g/mol. The molecule has 1 fully saturated rings. The minimum atomic E-state index is -0.974. The van der Waals surface area contributed by atoms with Crippen LogP contribution in [0.4, 0.5) is 5.69 Å². The van der Waals surface area contributed by atoms with Crippen LogP contribution in [0.25, 0.3) is 6.08 Å². The van der Waals surface area contributed by atoms with Crippen LogP contribution < -0.4 is 0 Å². The second-order valence-corrected chi connectivity index (χ2v) is 7.10. The van der Waals surface area contributed by atoms with Crippen molar-refractivity contribution in [3.05, 3.63) is 69.6 Å². The topological polar surface area (TPSA) is 70.0 Å². The van der Waals surface area contributed by atoms with Crippen molar-refractivity contribution in [1.29, 1.82) is 0 Å². The van der Waals surface area contributed by atoms with Crippen LogP contribution in [0.5, 0.6) is 0 Å². The first-order valence-corrected chi connectivity index (χ1v) is 8.83. The number of benzene rings is 2. The Morgan fingerprint density at radius 2 is 1.85 bits per heavy atom. The van der Waals surface area contributed by atoms with E-state index in [4.69, 9.17) is 5.11 Å². The zero-order chi connectivity index (χ0) is 18.8. The first-order chi connectivity index (χ1) is 12.3. The lowest BCUT2D eigenvalue weighted by atomic mass is 10.1. The van der Waals surface area contributed by atoms with Gasteiger partial charge >= 0.3 is 5.97 Å². The molecule has 2 aromatic carbocycles. The van der Waals surface area contributed by atoms with Crippen molar-refractivity contribution in [2.75, 3.05) is 7.05 Å². The Bertz CT molecular complexity index is 946. The van der Waals surface area contributed by atoms with Gasteiger partial charge in [0, 0.05) is 7.05 Å². The molecule has 0 aromatic heterocycles. The fraction of sp³-hybridized carbons (Fsp3) is 0.150. The Hall–Kier alpha value is -2.86. The lowest BCUT2D eigenvalue weighted by molar-refractivity contribution is -0.121.